The SMILES string of the molecule is COc1ccc(Br)c(CC(O)C2CCCOC2)c1. The van der Waals surface area contributed by atoms with Gasteiger partial charge in [0.2, 0.25) is 0 Å². The minimum absolute atomic E-state index is 0.247. The van der Waals surface area contributed by atoms with E-state index >= 15 is 0 Å². The molecule has 1 saturated heterocycles. The fraction of sp³-hybridized carbons (Fsp3) is 0.571. The number of aliphatic hydroxyl groups is 1. The molecule has 1 aromatic carbocycles. The Morgan fingerprint density at radius 3 is 3.06 bits per heavy atom. The molecule has 2 rings (SSSR count). The number of hydrogen-bond donors (Lipinski definition) is 1. The third kappa shape index (κ3) is 3.46. The predicted octanol–water partition coefficient (Wildman–Crippen LogP) is 2.79. The van der Waals surface area contributed by atoms with Crippen LogP contribution >= 0.6 is 15.9 Å². The summed E-state index contributed by atoms with van der Waals surface area (Å²) < 4.78 is 11.6. The normalized spacial score (nSPS) is 21.6. The summed E-state index contributed by atoms with van der Waals surface area (Å²) >= 11 is 3.51. The smallest absolute Gasteiger partial charge is 0.119 e. The first kappa shape index (κ1) is 13.8. The van der Waals surface area contributed by atoms with Crippen molar-refractivity contribution >= 4 is 15.9 Å². The highest BCUT2D eigenvalue weighted by Crippen LogP contribution is 2.26. The van der Waals surface area contributed by atoms with Crippen molar-refractivity contribution in [2.45, 2.75) is 25.4 Å². The molecule has 2 unspecified atom stereocenters. The van der Waals surface area contributed by atoms with E-state index in [1.165, 1.54) is 0 Å². The van der Waals surface area contributed by atoms with E-state index in [-0.39, 0.29) is 12.0 Å². The fourth-order valence-electron chi connectivity index (χ4n) is 2.30. The van der Waals surface area contributed by atoms with E-state index in [1.54, 1.807) is 7.11 Å². The minimum atomic E-state index is -0.353. The highest BCUT2D eigenvalue weighted by Gasteiger charge is 2.23. The Morgan fingerprint density at radius 1 is 1.56 bits per heavy atom. The van der Waals surface area contributed by atoms with Crippen molar-refractivity contribution in [3.63, 3.8) is 0 Å². The van der Waals surface area contributed by atoms with Crippen LogP contribution in [0.15, 0.2) is 22.7 Å². The van der Waals surface area contributed by atoms with Crippen LogP contribution in [0.3, 0.4) is 0 Å². The maximum Gasteiger partial charge on any atom is 0.119 e. The summed E-state index contributed by atoms with van der Waals surface area (Å²) in [5.41, 5.74) is 1.08. The molecule has 0 spiro atoms. The molecule has 0 amide bonds. The first-order valence-corrected chi connectivity index (χ1v) is 7.08. The molecule has 0 aliphatic carbocycles. The van der Waals surface area contributed by atoms with Crippen LogP contribution in [0.2, 0.25) is 0 Å². The van der Waals surface area contributed by atoms with Crippen molar-refractivity contribution in [2.75, 3.05) is 20.3 Å². The largest absolute Gasteiger partial charge is 0.497 e. The second-order valence-corrected chi connectivity index (χ2v) is 5.56. The molecule has 1 N–H and O–H groups in total. The summed E-state index contributed by atoms with van der Waals surface area (Å²) in [5, 5.41) is 10.3. The molecule has 1 aromatic rings. The van der Waals surface area contributed by atoms with E-state index in [0.29, 0.717) is 13.0 Å². The number of ether oxygens (including phenoxy) is 2. The molecule has 1 heterocycles. The highest BCUT2D eigenvalue weighted by atomic mass is 79.9. The average Bonchev–Trinajstić information content (AvgIpc) is 2.42. The second kappa shape index (κ2) is 6.55. The van der Waals surface area contributed by atoms with Crippen LogP contribution in [0.5, 0.6) is 5.75 Å². The second-order valence-electron chi connectivity index (χ2n) is 4.71. The Balaban J connectivity index is 2.03. The summed E-state index contributed by atoms with van der Waals surface area (Å²) in [7, 11) is 1.65. The summed E-state index contributed by atoms with van der Waals surface area (Å²) in [4.78, 5) is 0. The molecule has 0 bridgehead atoms. The third-order valence-corrected chi connectivity index (χ3v) is 4.20. The molecule has 18 heavy (non-hydrogen) atoms. The van der Waals surface area contributed by atoms with E-state index in [4.69, 9.17) is 9.47 Å². The van der Waals surface area contributed by atoms with Crippen LogP contribution in [-0.4, -0.2) is 31.5 Å². The van der Waals surface area contributed by atoms with E-state index in [9.17, 15) is 5.11 Å². The van der Waals surface area contributed by atoms with Gasteiger partial charge in [0.05, 0.1) is 19.8 Å². The molecule has 1 aliphatic heterocycles. The average molecular weight is 315 g/mol. The van der Waals surface area contributed by atoms with Gasteiger partial charge < -0.3 is 14.6 Å². The topological polar surface area (TPSA) is 38.7 Å². The Labute approximate surface area is 116 Å². The molecule has 100 valence electrons. The van der Waals surface area contributed by atoms with Gasteiger partial charge in [0.1, 0.15) is 5.75 Å². The van der Waals surface area contributed by atoms with E-state index in [1.807, 2.05) is 18.2 Å². The number of benzene rings is 1. The Kier molecular flexibility index (Phi) is 5.03. The van der Waals surface area contributed by atoms with Crippen LogP contribution in [0.1, 0.15) is 18.4 Å². The monoisotopic (exact) mass is 314 g/mol. The lowest BCUT2D eigenvalue weighted by Gasteiger charge is -2.27. The van der Waals surface area contributed by atoms with Crippen molar-refractivity contribution in [3.8, 4) is 5.75 Å². The van der Waals surface area contributed by atoms with Gasteiger partial charge in [0, 0.05) is 17.0 Å². The molecule has 0 aromatic heterocycles. The Morgan fingerprint density at radius 2 is 2.39 bits per heavy atom. The van der Waals surface area contributed by atoms with Gasteiger partial charge in [-0.25, -0.2) is 0 Å². The van der Waals surface area contributed by atoms with Gasteiger partial charge in [0.15, 0.2) is 0 Å². The van der Waals surface area contributed by atoms with Gasteiger partial charge in [-0.15, -0.1) is 0 Å². The summed E-state index contributed by atoms with van der Waals surface area (Å²) in [6.45, 7) is 1.49. The minimum Gasteiger partial charge on any atom is -0.497 e. The Bertz CT molecular complexity index is 389. The zero-order valence-corrected chi connectivity index (χ0v) is 12.1. The maximum atomic E-state index is 10.3. The molecular weight excluding hydrogens is 296 g/mol. The lowest BCUT2D eigenvalue weighted by molar-refractivity contribution is -0.00853. The fourth-order valence-corrected chi connectivity index (χ4v) is 2.70. The van der Waals surface area contributed by atoms with Crippen molar-refractivity contribution in [2.24, 2.45) is 5.92 Å². The van der Waals surface area contributed by atoms with Crippen molar-refractivity contribution in [3.05, 3.63) is 28.2 Å². The lowest BCUT2D eigenvalue weighted by Crippen LogP contribution is -2.30. The van der Waals surface area contributed by atoms with Crippen LogP contribution in [0.4, 0.5) is 0 Å². The van der Waals surface area contributed by atoms with Gasteiger partial charge in [0.25, 0.3) is 0 Å². The molecule has 4 heteroatoms. The van der Waals surface area contributed by atoms with Gasteiger partial charge in [-0.2, -0.15) is 0 Å². The quantitative estimate of drug-likeness (QED) is 0.928. The molecule has 3 nitrogen and oxygen atoms in total. The molecule has 1 aliphatic rings. The number of methoxy groups -OCH3 is 1. The number of aliphatic hydroxyl groups excluding tert-OH is 1. The number of halogens is 1. The lowest BCUT2D eigenvalue weighted by atomic mass is 9.91. The zero-order chi connectivity index (χ0) is 13.0. The van der Waals surface area contributed by atoms with Crippen LogP contribution in [-0.2, 0) is 11.2 Å². The van der Waals surface area contributed by atoms with Crippen molar-refractivity contribution in [1.82, 2.24) is 0 Å². The summed E-state index contributed by atoms with van der Waals surface area (Å²) in [6.07, 6.45) is 2.36. The molecule has 1 fully saturated rings. The highest BCUT2D eigenvalue weighted by molar-refractivity contribution is 9.10. The van der Waals surface area contributed by atoms with E-state index < -0.39 is 0 Å². The molecular formula is C14H19BrO3. The predicted molar refractivity (Wildman–Crippen MR) is 73.9 cm³/mol. The summed E-state index contributed by atoms with van der Waals surface area (Å²) in [6, 6.07) is 5.83. The number of rotatable bonds is 4. The number of hydrogen-bond acceptors (Lipinski definition) is 3. The first-order chi connectivity index (χ1) is 8.70. The maximum absolute atomic E-state index is 10.3. The van der Waals surface area contributed by atoms with E-state index in [2.05, 4.69) is 15.9 Å². The van der Waals surface area contributed by atoms with Crippen LogP contribution in [0, 0.1) is 5.92 Å². The van der Waals surface area contributed by atoms with Crippen molar-refractivity contribution in [1.29, 1.82) is 0 Å². The van der Waals surface area contributed by atoms with Gasteiger partial charge in [-0.1, -0.05) is 15.9 Å². The van der Waals surface area contributed by atoms with E-state index in [0.717, 1.165) is 35.2 Å². The summed E-state index contributed by atoms with van der Waals surface area (Å²) in [5.74, 6) is 1.07. The van der Waals surface area contributed by atoms with Gasteiger partial charge >= 0.3 is 0 Å². The third-order valence-electron chi connectivity index (χ3n) is 3.42. The van der Waals surface area contributed by atoms with Gasteiger partial charge in [-0.05, 0) is 43.0 Å². The molecule has 2 atom stereocenters. The molecule has 0 radical (unpaired) electrons. The first-order valence-electron chi connectivity index (χ1n) is 6.29. The van der Waals surface area contributed by atoms with Crippen molar-refractivity contribution < 1.29 is 14.6 Å². The zero-order valence-electron chi connectivity index (χ0n) is 10.6. The Hall–Kier alpha value is -0.580. The standard InChI is InChI=1S/C14H19BrO3/c1-17-12-4-5-13(15)11(7-12)8-14(16)10-3-2-6-18-9-10/h4-5,7,10,14,16H,2-3,6,8-9H2,1H3. The van der Waals surface area contributed by atoms with Crippen LogP contribution in [0.25, 0.3) is 0 Å². The van der Waals surface area contributed by atoms with Gasteiger partial charge in [-0.3, -0.25) is 0 Å². The van der Waals surface area contributed by atoms with Crippen LogP contribution < -0.4 is 4.74 Å². The molecule has 0 saturated carbocycles.